The summed E-state index contributed by atoms with van der Waals surface area (Å²) in [4.78, 5) is 0. The van der Waals surface area contributed by atoms with E-state index in [4.69, 9.17) is 12.6 Å². The molecule has 0 heterocycles. The minimum Gasteiger partial charge on any atom is -0.490 e. The maximum Gasteiger partial charge on any atom is 0.122 e. The smallest absolute Gasteiger partial charge is 0.122 e. The van der Waals surface area contributed by atoms with Crippen molar-refractivity contribution in [2.75, 3.05) is 0 Å². The molecule has 0 unspecified atom stereocenters. The van der Waals surface area contributed by atoms with Gasteiger partial charge >= 0.3 is 0 Å². The van der Waals surface area contributed by atoms with Crippen molar-refractivity contribution >= 4 is 13.3 Å². The highest BCUT2D eigenvalue weighted by molar-refractivity contribution is 6.32. The van der Waals surface area contributed by atoms with Crippen molar-refractivity contribution in [3.63, 3.8) is 0 Å². The van der Waals surface area contributed by atoms with E-state index in [2.05, 4.69) is 6.92 Å². The van der Waals surface area contributed by atoms with Crippen molar-refractivity contribution in [2.45, 2.75) is 38.7 Å². The van der Waals surface area contributed by atoms with Crippen LogP contribution in [0.5, 0.6) is 5.75 Å². The van der Waals surface area contributed by atoms with Gasteiger partial charge in [0.05, 0.1) is 6.10 Å². The van der Waals surface area contributed by atoms with E-state index in [0.29, 0.717) is 6.10 Å². The molecule has 0 spiro atoms. The third kappa shape index (κ3) is 1.94. The zero-order valence-electron chi connectivity index (χ0n) is 8.62. The van der Waals surface area contributed by atoms with Crippen LogP contribution < -0.4 is 10.2 Å². The molecular weight excluding hydrogens is 171 g/mol. The molecule has 1 aliphatic carbocycles. The van der Waals surface area contributed by atoms with Gasteiger partial charge in [-0.3, -0.25) is 0 Å². The van der Waals surface area contributed by atoms with Crippen molar-refractivity contribution < 1.29 is 4.74 Å². The largest absolute Gasteiger partial charge is 0.490 e. The summed E-state index contributed by atoms with van der Waals surface area (Å²) in [6.07, 6.45) is 5.14. The molecule has 1 aromatic carbocycles. The molecule has 0 atom stereocenters. The van der Waals surface area contributed by atoms with E-state index < -0.39 is 0 Å². The molecule has 1 fully saturated rings. The molecule has 72 valence electrons. The number of hydrogen-bond donors (Lipinski definition) is 0. The van der Waals surface area contributed by atoms with Crippen LogP contribution in [-0.2, 0) is 6.42 Å². The first-order valence-corrected chi connectivity index (χ1v) is 5.34. The Labute approximate surface area is 86.9 Å². The molecule has 0 aromatic heterocycles. The van der Waals surface area contributed by atoms with Crippen LogP contribution in [0, 0.1) is 0 Å². The summed E-state index contributed by atoms with van der Waals surface area (Å²) in [5.74, 6) is 1.02. The lowest BCUT2D eigenvalue weighted by Crippen LogP contribution is -2.25. The second-order valence-corrected chi connectivity index (χ2v) is 3.89. The van der Waals surface area contributed by atoms with E-state index >= 15 is 0 Å². The van der Waals surface area contributed by atoms with E-state index in [0.717, 1.165) is 17.6 Å². The van der Waals surface area contributed by atoms with Crippen LogP contribution in [-0.4, -0.2) is 14.0 Å². The van der Waals surface area contributed by atoms with Gasteiger partial charge in [-0.15, -0.1) is 0 Å². The maximum absolute atomic E-state index is 5.87. The average Bonchev–Trinajstić information content (AvgIpc) is 2.13. The topological polar surface area (TPSA) is 9.23 Å². The maximum atomic E-state index is 5.87. The molecule has 0 amide bonds. The second-order valence-electron chi connectivity index (χ2n) is 3.89. The third-order valence-corrected chi connectivity index (χ3v) is 2.81. The minimum atomic E-state index is 0.448. The summed E-state index contributed by atoms with van der Waals surface area (Å²) in [6.45, 7) is 2.13. The predicted molar refractivity (Wildman–Crippen MR) is 59.5 cm³/mol. The highest BCUT2D eigenvalue weighted by atomic mass is 16.5. The summed E-state index contributed by atoms with van der Waals surface area (Å²) in [6, 6.07) is 5.91. The van der Waals surface area contributed by atoms with E-state index in [-0.39, 0.29) is 0 Å². The Morgan fingerprint density at radius 1 is 1.43 bits per heavy atom. The summed E-state index contributed by atoms with van der Waals surface area (Å²) in [7, 11) is 5.72. The van der Waals surface area contributed by atoms with E-state index in [1.165, 1.54) is 24.8 Å². The van der Waals surface area contributed by atoms with Gasteiger partial charge < -0.3 is 4.74 Å². The third-order valence-electron chi connectivity index (χ3n) is 2.81. The molecule has 0 saturated heterocycles. The first-order chi connectivity index (χ1) is 6.79. The standard InChI is InChI=1S/C12H15BO/c1-2-9-8-10(13)6-7-12(9)14-11-4-3-5-11/h6-8,11H,2-5H2,1H3. The molecule has 1 aliphatic rings. The Hall–Kier alpha value is -0.915. The second kappa shape index (κ2) is 4.08. The van der Waals surface area contributed by atoms with E-state index in [9.17, 15) is 0 Å². The van der Waals surface area contributed by atoms with Gasteiger partial charge in [-0.2, -0.15) is 0 Å². The molecule has 2 radical (unpaired) electrons. The van der Waals surface area contributed by atoms with Gasteiger partial charge in [0.25, 0.3) is 0 Å². The fourth-order valence-corrected chi connectivity index (χ4v) is 1.66. The first kappa shape index (κ1) is 9.63. The molecular formula is C12H15BO. The average molecular weight is 186 g/mol. The molecule has 0 N–H and O–H groups in total. The number of rotatable bonds is 3. The molecule has 2 rings (SSSR count). The molecule has 1 saturated carbocycles. The fourth-order valence-electron chi connectivity index (χ4n) is 1.66. The first-order valence-electron chi connectivity index (χ1n) is 5.34. The summed E-state index contributed by atoms with van der Waals surface area (Å²) < 4.78 is 5.87. The lowest BCUT2D eigenvalue weighted by atomic mass is 9.92. The molecule has 0 bridgehead atoms. The Morgan fingerprint density at radius 3 is 2.79 bits per heavy atom. The van der Waals surface area contributed by atoms with Crippen LogP contribution in [0.3, 0.4) is 0 Å². The van der Waals surface area contributed by atoms with Crippen molar-refractivity contribution in [3.8, 4) is 5.75 Å². The molecule has 0 aliphatic heterocycles. The zero-order valence-corrected chi connectivity index (χ0v) is 8.62. The number of aryl methyl sites for hydroxylation is 1. The quantitative estimate of drug-likeness (QED) is 0.655. The highest BCUT2D eigenvalue weighted by Gasteiger charge is 2.19. The van der Waals surface area contributed by atoms with Gasteiger partial charge in [-0.1, -0.05) is 24.5 Å². The lowest BCUT2D eigenvalue weighted by Gasteiger charge is -2.27. The molecule has 2 heteroatoms. The lowest BCUT2D eigenvalue weighted by molar-refractivity contribution is 0.119. The van der Waals surface area contributed by atoms with Crippen molar-refractivity contribution in [1.82, 2.24) is 0 Å². The van der Waals surface area contributed by atoms with Crippen molar-refractivity contribution in [2.24, 2.45) is 0 Å². The van der Waals surface area contributed by atoms with Gasteiger partial charge in [0, 0.05) is 0 Å². The van der Waals surface area contributed by atoms with Gasteiger partial charge in [0.1, 0.15) is 13.6 Å². The summed E-state index contributed by atoms with van der Waals surface area (Å²) in [5.41, 5.74) is 2.04. The molecule has 1 aromatic rings. The minimum absolute atomic E-state index is 0.448. The van der Waals surface area contributed by atoms with Crippen LogP contribution in [0.2, 0.25) is 0 Å². The van der Waals surface area contributed by atoms with Gasteiger partial charge in [-0.05, 0) is 37.3 Å². The molecule has 14 heavy (non-hydrogen) atoms. The number of ether oxygens (including phenoxy) is 1. The van der Waals surface area contributed by atoms with Gasteiger partial charge in [-0.25, -0.2) is 0 Å². The fraction of sp³-hybridized carbons (Fsp3) is 0.500. The normalized spacial score (nSPS) is 16.4. The van der Waals surface area contributed by atoms with E-state index in [1.54, 1.807) is 0 Å². The van der Waals surface area contributed by atoms with Crippen molar-refractivity contribution in [1.29, 1.82) is 0 Å². The van der Waals surface area contributed by atoms with Crippen LogP contribution >= 0.6 is 0 Å². The Kier molecular flexibility index (Phi) is 2.81. The SMILES string of the molecule is [B]c1ccc(OC2CCC2)c(CC)c1. The molecule has 1 nitrogen and oxygen atoms in total. The van der Waals surface area contributed by atoms with Crippen LogP contribution in [0.1, 0.15) is 31.7 Å². The van der Waals surface area contributed by atoms with Gasteiger partial charge in [0.2, 0.25) is 0 Å². The van der Waals surface area contributed by atoms with E-state index in [1.807, 2.05) is 18.2 Å². The summed E-state index contributed by atoms with van der Waals surface area (Å²) >= 11 is 0. The Morgan fingerprint density at radius 2 is 2.21 bits per heavy atom. The van der Waals surface area contributed by atoms with Crippen LogP contribution in [0.4, 0.5) is 0 Å². The predicted octanol–water partition coefficient (Wildman–Crippen LogP) is 1.97. The Bertz CT molecular complexity index is 318. The number of hydrogen-bond acceptors (Lipinski definition) is 1. The summed E-state index contributed by atoms with van der Waals surface area (Å²) in [5, 5.41) is 0. The monoisotopic (exact) mass is 186 g/mol. The Balaban J connectivity index is 2.14. The van der Waals surface area contributed by atoms with Crippen LogP contribution in [0.25, 0.3) is 0 Å². The van der Waals surface area contributed by atoms with Crippen LogP contribution in [0.15, 0.2) is 18.2 Å². The highest BCUT2D eigenvalue weighted by Crippen LogP contribution is 2.27. The van der Waals surface area contributed by atoms with Crippen molar-refractivity contribution in [3.05, 3.63) is 23.8 Å². The van der Waals surface area contributed by atoms with Gasteiger partial charge in [0.15, 0.2) is 0 Å². The number of benzene rings is 1. The zero-order chi connectivity index (χ0) is 9.97.